The second kappa shape index (κ2) is 7.27. The van der Waals surface area contributed by atoms with Gasteiger partial charge in [-0.2, -0.15) is 0 Å². The quantitative estimate of drug-likeness (QED) is 0.792. The third-order valence-corrected chi connectivity index (χ3v) is 3.71. The lowest BCUT2D eigenvalue weighted by Gasteiger charge is -2.19. The number of anilines is 1. The molecule has 0 spiro atoms. The molecule has 4 heteroatoms. The van der Waals surface area contributed by atoms with Gasteiger partial charge in [0.1, 0.15) is 11.5 Å². The van der Waals surface area contributed by atoms with Crippen LogP contribution in [-0.2, 0) is 0 Å². The van der Waals surface area contributed by atoms with Gasteiger partial charge in [-0.1, -0.05) is 32.0 Å². The Morgan fingerprint density at radius 2 is 1.77 bits per heavy atom. The minimum atomic E-state index is 0.361. The van der Waals surface area contributed by atoms with Crippen molar-refractivity contribution in [3.8, 4) is 11.5 Å². The molecule has 0 saturated carbocycles. The minimum Gasteiger partial charge on any atom is -0.457 e. The lowest BCUT2D eigenvalue weighted by atomic mass is 9.97. The molecule has 0 bridgehead atoms. The average molecular weight is 314 g/mol. The summed E-state index contributed by atoms with van der Waals surface area (Å²) in [5, 5.41) is 6.83. The Labute approximate surface area is 137 Å². The Morgan fingerprint density at radius 3 is 2.36 bits per heavy atom. The molecule has 0 aliphatic carbocycles. The van der Waals surface area contributed by atoms with E-state index >= 15 is 0 Å². The van der Waals surface area contributed by atoms with Crippen LogP contribution in [0.25, 0.3) is 0 Å². The number of hydrogen-bond acceptors (Lipinski definition) is 2. The maximum atomic E-state index is 5.96. The van der Waals surface area contributed by atoms with Crippen molar-refractivity contribution in [3.05, 3.63) is 53.6 Å². The zero-order valence-electron chi connectivity index (χ0n) is 13.4. The molecule has 2 aromatic carbocycles. The van der Waals surface area contributed by atoms with Gasteiger partial charge in [0.2, 0.25) is 0 Å². The highest BCUT2D eigenvalue weighted by Crippen LogP contribution is 2.34. The molecule has 0 aliphatic heterocycles. The number of rotatable bonds is 4. The first-order valence-corrected chi connectivity index (χ1v) is 7.78. The predicted molar refractivity (Wildman–Crippen MR) is 97.1 cm³/mol. The summed E-state index contributed by atoms with van der Waals surface area (Å²) in [6.45, 7) is 6.38. The van der Waals surface area contributed by atoms with Crippen molar-refractivity contribution in [2.75, 3.05) is 12.4 Å². The van der Waals surface area contributed by atoms with Crippen LogP contribution in [0.3, 0.4) is 0 Å². The fraction of sp³-hybridized carbons (Fsp3) is 0.278. The van der Waals surface area contributed by atoms with Crippen LogP contribution in [0, 0.1) is 6.92 Å². The van der Waals surface area contributed by atoms with E-state index in [1.54, 1.807) is 0 Å². The van der Waals surface area contributed by atoms with Gasteiger partial charge in [0, 0.05) is 12.7 Å². The molecular weight excluding hydrogens is 292 g/mol. The lowest BCUT2D eigenvalue weighted by Crippen LogP contribution is -2.25. The summed E-state index contributed by atoms with van der Waals surface area (Å²) in [4.78, 5) is 0. The van der Waals surface area contributed by atoms with Crippen LogP contribution >= 0.6 is 12.2 Å². The van der Waals surface area contributed by atoms with Crippen LogP contribution in [0.5, 0.6) is 11.5 Å². The molecule has 22 heavy (non-hydrogen) atoms. The monoisotopic (exact) mass is 314 g/mol. The van der Waals surface area contributed by atoms with Gasteiger partial charge in [0.05, 0.1) is 0 Å². The summed E-state index contributed by atoms with van der Waals surface area (Å²) in [7, 11) is 1.81. The van der Waals surface area contributed by atoms with Crippen molar-refractivity contribution in [3.63, 3.8) is 0 Å². The van der Waals surface area contributed by atoms with Gasteiger partial charge in [-0.05, 0) is 60.5 Å². The number of thiocarbonyl (C=S) groups is 1. The maximum absolute atomic E-state index is 5.96. The standard InChI is InChI=1S/C18H22N2OS/c1-12(2)16-11-15(21-14-8-6-5-7-9-14)10-13(3)17(16)20-18(22)19-4/h5-12H,1-4H3,(H2,19,20,22). The smallest absolute Gasteiger partial charge is 0.170 e. The highest BCUT2D eigenvalue weighted by molar-refractivity contribution is 7.80. The van der Waals surface area contributed by atoms with Gasteiger partial charge in [-0.25, -0.2) is 0 Å². The highest BCUT2D eigenvalue weighted by Gasteiger charge is 2.13. The molecule has 2 aromatic rings. The molecule has 0 atom stereocenters. The van der Waals surface area contributed by atoms with Gasteiger partial charge in [0.25, 0.3) is 0 Å². The van der Waals surface area contributed by atoms with E-state index in [9.17, 15) is 0 Å². The normalized spacial score (nSPS) is 10.4. The van der Waals surface area contributed by atoms with E-state index in [0.717, 1.165) is 22.7 Å². The molecule has 0 saturated heterocycles. The van der Waals surface area contributed by atoms with Crippen LogP contribution < -0.4 is 15.4 Å². The zero-order chi connectivity index (χ0) is 16.1. The molecule has 2 rings (SSSR count). The molecule has 0 fully saturated rings. The summed E-state index contributed by atoms with van der Waals surface area (Å²) in [6, 6.07) is 13.9. The third-order valence-electron chi connectivity index (χ3n) is 3.41. The molecule has 2 N–H and O–H groups in total. The Morgan fingerprint density at radius 1 is 1.09 bits per heavy atom. The first kappa shape index (κ1) is 16.3. The molecule has 0 aliphatic rings. The second-order valence-corrected chi connectivity index (χ2v) is 5.89. The van der Waals surface area contributed by atoms with E-state index in [1.807, 2.05) is 43.4 Å². The van der Waals surface area contributed by atoms with Crippen molar-refractivity contribution in [2.24, 2.45) is 0 Å². The molecular formula is C18H22N2OS. The van der Waals surface area contributed by atoms with Gasteiger partial charge in [-0.3, -0.25) is 0 Å². The molecule has 0 radical (unpaired) electrons. The van der Waals surface area contributed by atoms with Crippen molar-refractivity contribution >= 4 is 23.0 Å². The largest absolute Gasteiger partial charge is 0.457 e. The second-order valence-electron chi connectivity index (χ2n) is 5.48. The molecule has 0 heterocycles. The van der Waals surface area contributed by atoms with Crippen LogP contribution in [0.2, 0.25) is 0 Å². The van der Waals surface area contributed by atoms with Gasteiger partial charge in [0.15, 0.2) is 5.11 Å². The van der Waals surface area contributed by atoms with Crippen molar-refractivity contribution in [1.82, 2.24) is 5.32 Å². The Balaban J connectivity index is 2.36. The lowest BCUT2D eigenvalue weighted by molar-refractivity contribution is 0.481. The van der Waals surface area contributed by atoms with Gasteiger partial charge in [-0.15, -0.1) is 0 Å². The number of benzene rings is 2. The zero-order valence-corrected chi connectivity index (χ0v) is 14.3. The Hall–Kier alpha value is -2.07. The van der Waals surface area contributed by atoms with Gasteiger partial charge < -0.3 is 15.4 Å². The third kappa shape index (κ3) is 3.98. The van der Waals surface area contributed by atoms with Crippen LogP contribution in [0.1, 0.15) is 30.9 Å². The van der Waals surface area contributed by atoms with Crippen LogP contribution in [-0.4, -0.2) is 12.2 Å². The summed E-state index contributed by atoms with van der Waals surface area (Å²) >= 11 is 5.23. The van der Waals surface area contributed by atoms with Crippen molar-refractivity contribution in [1.29, 1.82) is 0 Å². The molecule has 0 unspecified atom stereocenters. The van der Waals surface area contributed by atoms with E-state index in [0.29, 0.717) is 11.0 Å². The number of ether oxygens (including phenoxy) is 1. The Kier molecular flexibility index (Phi) is 5.39. The molecule has 116 valence electrons. The van der Waals surface area contributed by atoms with Gasteiger partial charge >= 0.3 is 0 Å². The maximum Gasteiger partial charge on any atom is 0.170 e. The van der Waals surface area contributed by atoms with E-state index < -0.39 is 0 Å². The highest BCUT2D eigenvalue weighted by atomic mass is 32.1. The number of para-hydroxylation sites is 1. The molecule has 0 aromatic heterocycles. The van der Waals surface area contributed by atoms with Crippen LogP contribution in [0.4, 0.5) is 5.69 Å². The number of nitrogens with one attached hydrogen (secondary N) is 2. The summed E-state index contributed by atoms with van der Waals surface area (Å²) in [6.07, 6.45) is 0. The summed E-state index contributed by atoms with van der Waals surface area (Å²) < 4.78 is 5.96. The fourth-order valence-electron chi connectivity index (χ4n) is 2.27. The molecule has 0 amide bonds. The topological polar surface area (TPSA) is 33.3 Å². The van der Waals surface area contributed by atoms with Crippen molar-refractivity contribution < 1.29 is 4.74 Å². The fourth-order valence-corrected chi connectivity index (χ4v) is 2.37. The van der Waals surface area contributed by atoms with E-state index in [1.165, 1.54) is 5.56 Å². The molecule has 3 nitrogen and oxygen atoms in total. The average Bonchev–Trinajstić information content (AvgIpc) is 2.50. The predicted octanol–water partition coefficient (Wildman–Crippen LogP) is 4.83. The Bertz CT molecular complexity index is 654. The minimum absolute atomic E-state index is 0.361. The first-order chi connectivity index (χ1) is 10.5. The van der Waals surface area contributed by atoms with Crippen molar-refractivity contribution in [2.45, 2.75) is 26.7 Å². The van der Waals surface area contributed by atoms with E-state index in [4.69, 9.17) is 17.0 Å². The number of aryl methyl sites for hydroxylation is 1. The van der Waals surface area contributed by atoms with E-state index in [2.05, 4.69) is 37.5 Å². The van der Waals surface area contributed by atoms with Crippen LogP contribution in [0.15, 0.2) is 42.5 Å². The summed E-state index contributed by atoms with van der Waals surface area (Å²) in [5.74, 6) is 2.04. The first-order valence-electron chi connectivity index (χ1n) is 7.37. The number of hydrogen-bond donors (Lipinski definition) is 2. The summed E-state index contributed by atoms with van der Waals surface area (Å²) in [5.41, 5.74) is 3.34. The SMILES string of the molecule is CNC(=S)Nc1c(C)cc(Oc2ccccc2)cc1C(C)C. The van der Waals surface area contributed by atoms with E-state index in [-0.39, 0.29) is 0 Å².